The van der Waals surface area contributed by atoms with E-state index < -0.39 is 5.97 Å². The average Bonchev–Trinajstić information content (AvgIpc) is 2.61. The Morgan fingerprint density at radius 3 is 3.00 bits per heavy atom. The zero-order valence-electron chi connectivity index (χ0n) is 8.22. The number of hydrogen-bond acceptors (Lipinski definition) is 3. The highest BCUT2D eigenvalue weighted by atomic mass is 16.5. The van der Waals surface area contributed by atoms with E-state index >= 15 is 0 Å². The minimum Gasteiger partial charge on any atom is -0.478 e. The van der Waals surface area contributed by atoms with E-state index in [0.717, 1.165) is 12.0 Å². The van der Waals surface area contributed by atoms with E-state index in [1.54, 1.807) is 6.08 Å². The number of rotatable bonds is 3. The topological polar surface area (TPSA) is 72.5 Å². The fourth-order valence-corrected chi connectivity index (χ4v) is 1.80. The summed E-state index contributed by atoms with van der Waals surface area (Å²) in [6.07, 6.45) is 8.17. The third-order valence-corrected chi connectivity index (χ3v) is 2.54. The molecule has 0 bridgehead atoms. The third kappa shape index (κ3) is 1.94. The lowest BCUT2D eigenvalue weighted by Crippen LogP contribution is -2.17. The van der Waals surface area contributed by atoms with E-state index in [1.807, 2.05) is 18.2 Å². The van der Waals surface area contributed by atoms with Crippen LogP contribution in [0.1, 0.15) is 6.42 Å². The van der Waals surface area contributed by atoms with Gasteiger partial charge in [0.15, 0.2) is 0 Å². The Morgan fingerprint density at radius 1 is 1.53 bits per heavy atom. The Kier molecular flexibility index (Phi) is 2.60. The summed E-state index contributed by atoms with van der Waals surface area (Å²) in [6.45, 7) is 0.590. The minimum atomic E-state index is -1.01. The van der Waals surface area contributed by atoms with Crippen LogP contribution < -0.4 is 5.73 Å². The molecular formula is C11H13NO3. The van der Waals surface area contributed by atoms with Gasteiger partial charge in [-0.1, -0.05) is 12.2 Å². The third-order valence-electron chi connectivity index (χ3n) is 2.54. The van der Waals surface area contributed by atoms with Gasteiger partial charge in [0.1, 0.15) is 6.10 Å². The van der Waals surface area contributed by atoms with E-state index in [9.17, 15) is 4.79 Å². The molecule has 1 heterocycles. The van der Waals surface area contributed by atoms with Gasteiger partial charge in [0.2, 0.25) is 5.76 Å². The quantitative estimate of drug-likeness (QED) is 0.718. The van der Waals surface area contributed by atoms with Crippen molar-refractivity contribution in [3.05, 3.63) is 35.6 Å². The molecule has 0 radical (unpaired) electrons. The van der Waals surface area contributed by atoms with E-state index in [2.05, 4.69) is 0 Å². The largest absolute Gasteiger partial charge is 0.478 e. The van der Waals surface area contributed by atoms with Gasteiger partial charge < -0.3 is 15.6 Å². The van der Waals surface area contributed by atoms with Crippen molar-refractivity contribution in [2.75, 3.05) is 6.54 Å². The fraction of sp³-hybridized carbons (Fsp3) is 0.364. The Morgan fingerprint density at radius 2 is 2.33 bits per heavy atom. The van der Waals surface area contributed by atoms with Crippen molar-refractivity contribution in [3.8, 4) is 0 Å². The van der Waals surface area contributed by atoms with Crippen LogP contribution in [0.2, 0.25) is 0 Å². The summed E-state index contributed by atoms with van der Waals surface area (Å²) in [5.74, 6) is -0.913. The Balaban J connectivity index is 2.11. The van der Waals surface area contributed by atoms with Crippen LogP contribution in [0.4, 0.5) is 0 Å². The van der Waals surface area contributed by atoms with Crippen molar-refractivity contribution in [3.63, 3.8) is 0 Å². The predicted molar refractivity (Wildman–Crippen MR) is 55.0 cm³/mol. The summed E-state index contributed by atoms with van der Waals surface area (Å²) < 4.78 is 5.30. The standard InChI is InChI=1S/C11H13NO3/c12-4-3-7-1-2-8-6-10(11(13)14)15-9(8)5-7/h1-2,5-6,8-9H,3-4,12H2,(H,13,14). The van der Waals surface area contributed by atoms with Gasteiger partial charge in [-0.25, -0.2) is 4.79 Å². The molecule has 0 aromatic heterocycles. The smallest absolute Gasteiger partial charge is 0.370 e. The van der Waals surface area contributed by atoms with Crippen LogP contribution in [0, 0.1) is 5.92 Å². The number of fused-ring (bicyclic) bond motifs is 1. The van der Waals surface area contributed by atoms with E-state index in [0.29, 0.717) is 6.54 Å². The number of hydrogen-bond donors (Lipinski definition) is 2. The van der Waals surface area contributed by atoms with Crippen LogP contribution in [0.3, 0.4) is 0 Å². The maximum Gasteiger partial charge on any atom is 0.370 e. The lowest BCUT2D eigenvalue weighted by Gasteiger charge is -2.18. The van der Waals surface area contributed by atoms with Crippen LogP contribution in [0.15, 0.2) is 35.6 Å². The summed E-state index contributed by atoms with van der Waals surface area (Å²) in [5, 5.41) is 8.77. The molecule has 0 saturated heterocycles. The maximum absolute atomic E-state index is 10.7. The molecule has 80 valence electrons. The van der Waals surface area contributed by atoms with Crippen LogP contribution in [-0.2, 0) is 9.53 Å². The zero-order valence-corrected chi connectivity index (χ0v) is 8.22. The number of aliphatic carboxylic acids is 1. The number of carboxylic acid groups (broad SMARTS) is 1. The molecule has 1 aliphatic heterocycles. The lowest BCUT2D eigenvalue weighted by molar-refractivity contribution is -0.136. The highest BCUT2D eigenvalue weighted by Crippen LogP contribution is 2.30. The number of nitrogens with two attached hydrogens (primary N) is 1. The minimum absolute atomic E-state index is 0.0416. The SMILES string of the molecule is NCCC1=CC2OC(C(=O)O)=CC2C=C1. The molecule has 4 heteroatoms. The molecule has 0 saturated carbocycles. The van der Waals surface area contributed by atoms with Crippen molar-refractivity contribution in [2.24, 2.45) is 11.7 Å². The molecule has 2 unspecified atom stereocenters. The molecule has 2 rings (SSSR count). The number of carbonyl (C=O) groups is 1. The second-order valence-electron chi connectivity index (χ2n) is 3.64. The van der Waals surface area contributed by atoms with Gasteiger partial charge in [-0.3, -0.25) is 0 Å². The highest BCUT2D eigenvalue weighted by Gasteiger charge is 2.30. The zero-order chi connectivity index (χ0) is 10.8. The molecule has 1 aliphatic carbocycles. The highest BCUT2D eigenvalue weighted by molar-refractivity contribution is 5.85. The molecule has 3 N–H and O–H groups in total. The molecule has 0 spiro atoms. The van der Waals surface area contributed by atoms with Gasteiger partial charge in [-0.15, -0.1) is 0 Å². The first-order chi connectivity index (χ1) is 7.20. The van der Waals surface area contributed by atoms with E-state index in [-0.39, 0.29) is 17.8 Å². The lowest BCUT2D eigenvalue weighted by atomic mass is 9.93. The van der Waals surface area contributed by atoms with Crippen molar-refractivity contribution in [1.29, 1.82) is 0 Å². The number of carboxylic acids is 1. The number of ether oxygens (including phenoxy) is 1. The monoisotopic (exact) mass is 207 g/mol. The Bertz CT molecular complexity index is 368. The summed E-state index contributed by atoms with van der Waals surface area (Å²) >= 11 is 0. The van der Waals surface area contributed by atoms with Gasteiger partial charge in [0, 0.05) is 5.92 Å². The second kappa shape index (κ2) is 3.90. The first kappa shape index (κ1) is 9.98. The van der Waals surface area contributed by atoms with Gasteiger partial charge in [-0.05, 0) is 30.7 Å². The van der Waals surface area contributed by atoms with E-state index in [1.165, 1.54) is 0 Å². The Hall–Kier alpha value is -1.55. The molecule has 2 atom stereocenters. The molecule has 0 amide bonds. The van der Waals surface area contributed by atoms with Gasteiger partial charge in [0.25, 0.3) is 0 Å². The Labute approximate surface area is 87.7 Å². The maximum atomic E-state index is 10.7. The second-order valence-corrected chi connectivity index (χ2v) is 3.64. The van der Waals surface area contributed by atoms with Gasteiger partial charge in [-0.2, -0.15) is 0 Å². The molecule has 0 aromatic carbocycles. The first-order valence-electron chi connectivity index (χ1n) is 4.91. The van der Waals surface area contributed by atoms with Gasteiger partial charge >= 0.3 is 5.97 Å². The predicted octanol–water partition coefficient (Wildman–Crippen LogP) is 0.815. The van der Waals surface area contributed by atoms with Crippen molar-refractivity contribution >= 4 is 5.97 Å². The van der Waals surface area contributed by atoms with Crippen LogP contribution in [0.25, 0.3) is 0 Å². The summed E-state index contributed by atoms with van der Waals surface area (Å²) in [4.78, 5) is 10.7. The van der Waals surface area contributed by atoms with Crippen LogP contribution in [0.5, 0.6) is 0 Å². The van der Waals surface area contributed by atoms with Crippen molar-refractivity contribution in [1.82, 2.24) is 0 Å². The average molecular weight is 207 g/mol. The summed E-state index contributed by atoms with van der Waals surface area (Å²) in [7, 11) is 0. The molecular weight excluding hydrogens is 194 g/mol. The molecule has 15 heavy (non-hydrogen) atoms. The van der Waals surface area contributed by atoms with Crippen molar-refractivity contribution in [2.45, 2.75) is 12.5 Å². The van der Waals surface area contributed by atoms with Gasteiger partial charge in [0.05, 0.1) is 0 Å². The normalized spacial score (nSPS) is 27.8. The molecule has 2 aliphatic rings. The van der Waals surface area contributed by atoms with Crippen LogP contribution >= 0.6 is 0 Å². The molecule has 0 fully saturated rings. The summed E-state index contributed by atoms with van der Waals surface area (Å²) in [5.41, 5.74) is 6.56. The van der Waals surface area contributed by atoms with E-state index in [4.69, 9.17) is 15.6 Å². The summed E-state index contributed by atoms with van der Waals surface area (Å²) in [6, 6.07) is 0. The molecule has 4 nitrogen and oxygen atoms in total. The first-order valence-corrected chi connectivity index (χ1v) is 4.91. The van der Waals surface area contributed by atoms with Crippen molar-refractivity contribution < 1.29 is 14.6 Å². The number of allylic oxidation sites excluding steroid dienone is 1. The molecule has 0 aromatic rings. The fourth-order valence-electron chi connectivity index (χ4n) is 1.80. The van der Waals surface area contributed by atoms with Crippen LogP contribution in [-0.4, -0.2) is 23.7 Å².